The van der Waals surface area contributed by atoms with Crippen LogP contribution < -0.4 is 4.74 Å². The predicted octanol–water partition coefficient (Wildman–Crippen LogP) is 4.24. The molecular weight excluding hydrogens is 282 g/mol. The van der Waals surface area contributed by atoms with E-state index in [1.54, 1.807) is 24.3 Å². The molecule has 0 N–H and O–H groups in total. The summed E-state index contributed by atoms with van der Waals surface area (Å²) in [4.78, 5) is 21.2. The van der Waals surface area contributed by atoms with Gasteiger partial charge in [-0.1, -0.05) is 11.6 Å². The van der Waals surface area contributed by atoms with Gasteiger partial charge in [-0.2, -0.15) is 0 Å². The minimum Gasteiger partial charge on any atom is -0.457 e. The lowest BCUT2D eigenvalue weighted by Gasteiger charge is -2.06. The fourth-order valence-corrected chi connectivity index (χ4v) is 1.83. The number of rotatable bonds is 4. The largest absolute Gasteiger partial charge is 0.457 e. The smallest absolute Gasteiger partial charge is 0.288 e. The van der Waals surface area contributed by atoms with Crippen LogP contribution in [-0.4, -0.2) is 10.7 Å². The Morgan fingerprint density at radius 1 is 1.15 bits per heavy atom. The Balaban J connectivity index is 2.19. The first-order chi connectivity index (χ1) is 9.47. The second-order valence-electron chi connectivity index (χ2n) is 4.05. The Morgan fingerprint density at radius 3 is 2.25 bits per heavy atom. The summed E-state index contributed by atoms with van der Waals surface area (Å²) in [6.45, 7) is 1.48. The van der Waals surface area contributed by atoms with Crippen molar-refractivity contribution in [3.63, 3.8) is 0 Å². The maximum atomic E-state index is 11.1. The molecule has 0 saturated heterocycles. The number of hydrogen-bond donors (Lipinski definition) is 0. The molecule has 20 heavy (non-hydrogen) atoms. The van der Waals surface area contributed by atoms with Crippen molar-refractivity contribution in [2.24, 2.45) is 0 Å². The third kappa shape index (κ3) is 3.13. The Kier molecular flexibility index (Phi) is 4.00. The summed E-state index contributed by atoms with van der Waals surface area (Å²) in [7, 11) is 0. The Morgan fingerprint density at radius 2 is 1.75 bits per heavy atom. The first kappa shape index (κ1) is 14.0. The van der Waals surface area contributed by atoms with Crippen LogP contribution >= 0.6 is 11.6 Å². The number of ketones is 1. The van der Waals surface area contributed by atoms with E-state index in [9.17, 15) is 14.9 Å². The van der Waals surface area contributed by atoms with Crippen molar-refractivity contribution in [2.75, 3.05) is 0 Å². The maximum absolute atomic E-state index is 11.1. The molecule has 2 aromatic rings. The van der Waals surface area contributed by atoms with Crippen LogP contribution in [0, 0.1) is 10.1 Å². The molecule has 0 saturated carbocycles. The molecule has 0 heterocycles. The maximum Gasteiger partial charge on any atom is 0.288 e. The summed E-state index contributed by atoms with van der Waals surface area (Å²) in [6, 6.07) is 10.7. The van der Waals surface area contributed by atoms with Crippen molar-refractivity contribution >= 4 is 23.1 Å². The first-order valence-corrected chi connectivity index (χ1v) is 6.08. The van der Waals surface area contributed by atoms with Gasteiger partial charge in [-0.15, -0.1) is 0 Å². The van der Waals surface area contributed by atoms with Gasteiger partial charge in [-0.25, -0.2) is 0 Å². The van der Waals surface area contributed by atoms with Crippen LogP contribution in [0.5, 0.6) is 11.5 Å². The summed E-state index contributed by atoms with van der Waals surface area (Å²) in [6.07, 6.45) is 0. The highest BCUT2D eigenvalue weighted by atomic mass is 35.5. The van der Waals surface area contributed by atoms with Crippen molar-refractivity contribution in [1.82, 2.24) is 0 Å². The molecule has 0 spiro atoms. The van der Waals surface area contributed by atoms with E-state index in [1.165, 1.54) is 25.1 Å². The molecule has 0 atom stereocenters. The van der Waals surface area contributed by atoms with Crippen LogP contribution in [0.3, 0.4) is 0 Å². The molecule has 0 unspecified atom stereocenters. The monoisotopic (exact) mass is 291 g/mol. The average molecular weight is 292 g/mol. The Hall–Kier alpha value is -2.40. The SMILES string of the molecule is CC(=O)c1ccc(Oc2ccc([N+](=O)[O-])c(Cl)c2)cc1. The van der Waals surface area contributed by atoms with Gasteiger partial charge >= 0.3 is 0 Å². The zero-order valence-electron chi connectivity index (χ0n) is 10.5. The van der Waals surface area contributed by atoms with Crippen molar-refractivity contribution in [3.8, 4) is 11.5 Å². The molecule has 0 aromatic heterocycles. The molecule has 0 amide bonds. The van der Waals surface area contributed by atoms with Gasteiger partial charge in [-0.05, 0) is 37.3 Å². The number of ether oxygens (including phenoxy) is 1. The molecule has 0 aliphatic carbocycles. The Labute approximate surface area is 119 Å². The summed E-state index contributed by atoms with van der Waals surface area (Å²) in [5.74, 6) is 0.867. The summed E-state index contributed by atoms with van der Waals surface area (Å²) in [5.41, 5.74) is 0.407. The van der Waals surface area contributed by atoms with Crippen molar-refractivity contribution < 1.29 is 14.5 Å². The lowest BCUT2D eigenvalue weighted by Crippen LogP contribution is -1.92. The minimum absolute atomic E-state index is 0.00727. The summed E-state index contributed by atoms with van der Waals surface area (Å²) >= 11 is 5.79. The number of halogens is 1. The molecule has 102 valence electrons. The fourth-order valence-electron chi connectivity index (χ4n) is 1.59. The lowest BCUT2D eigenvalue weighted by molar-refractivity contribution is -0.384. The summed E-state index contributed by atoms with van der Waals surface area (Å²) in [5, 5.41) is 10.6. The lowest BCUT2D eigenvalue weighted by atomic mass is 10.1. The van der Waals surface area contributed by atoms with Gasteiger partial charge < -0.3 is 4.74 Å². The third-order valence-electron chi connectivity index (χ3n) is 2.61. The van der Waals surface area contributed by atoms with Crippen LogP contribution in [0.1, 0.15) is 17.3 Å². The van der Waals surface area contributed by atoms with E-state index in [-0.39, 0.29) is 16.5 Å². The van der Waals surface area contributed by atoms with Crippen LogP contribution in [0.15, 0.2) is 42.5 Å². The highest BCUT2D eigenvalue weighted by molar-refractivity contribution is 6.32. The van der Waals surface area contributed by atoms with Crippen molar-refractivity contribution in [1.29, 1.82) is 0 Å². The normalized spacial score (nSPS) is 10.1. The molecule has 0 fully saturated rings. The molecule has 2 aromatic carbocycles. The first-order valence-electron chi connectivity index (χ1n) is 5.70. The molecule has 6 heteroatoms. The van der Waals surface area contributed by atoms with E-state index in [4.69, 9.17) is 16.3 Å². The number of hydrogen-bond acceptors (Lipinski definition) is 4. The van der Waals surface area contributed by atoms with Crippen LogP contribution in [0.25, 0.3) is 0 Å². The minimum atomic E-state index is -0.562. The van der Waals surface area contributed by atoms with Gasteiger partial charge in [0.25, 0.3) is 5.69 Å². The second kappa shape index (κ2) is 5.71. The van der Waals surface area contributed by atoms with Crippen molar-refractivity contribution in [3.05, 3.63) is 63.2 Å². The molecule has 0 aliphatic heterocycles. The number of nitrogens with zero attached hydrogens (tertiary/aromatic N) is 1. The van der Waals surface area contributed by atoms with Gasteiger partial charge in [0.2, 0.25) is 0 Å². The van der Waals surface area contributed by atoms with E-state index in [0.29, 0.717) is 17.1 Å². The van der Waals surface area contributed by atoms with Gasteiger partial charge in [0, 0.05) is 17.7 Å². The average Bonchev–Trinajstić information content (AvgIpc) is 2.39. The number of carbonyl (C=O) groups is 1. The predicted molar refractivity (Wildman–Crippen MR) is 74.6 cm³/mol. The van der Waals surface area contributed by atoms with Gasteiger partial charge in [0.05, 0.1) is 4.92 Å². The molecule has 0 bridgehead atoms. The van der Waals surface area contributed by atoms with Gasteiger partial charge in [-0.3, -0.25) is 14.9 Å². The van der Waals surface area contributed by atoms with E-state index >= 15 is 0 Å². The van der Waals surface area contributed by atoms with Gasteiger partial charge in [0.15, 0.2) is 5.78 Å². The number of Topliss-reactive ketones (excluding diaryl/α,β-unsaturated/α-hetero) is 1. The molecule has 2 rings (SSSR count). The van der Waals surface area contributed by atoms with Crippen LogP contribution in [0.2, 0.25) is 5.02 Å². The quantitative estimate of drug-likeness (QED) is 0.480. The van der Waals surface area contributed by atoms with Gasteiger partial charge in [0.1, 0.15) is 16.5 Å². The van der Waals surface area contributed by atoms with Crippen LogP contribution in [-0.2, 0) is 0 Å². The number of carbonyl (C=O) groups excluding carboxylic acids is 1. The zero-order valence-corrected chi connectivity index (χ0v) is 11.3. The molecule has 0 aliphatic rings. The zero-order chi connectivity index (χ0) is 14.7. The number of nitro groups is 1. The molecule has 5 nitrogen and oxygen atoms in total. The van der Waals surface area contributed by atoms with E-state index in [0.717, 1.165) is 0 Å². The standard InChI is InChI=1S/C14H10ClNO4/c1-9(17)10-2-4-11(5-3-10)20-12-6-7-14(16(18)19)13(15)8-12/h2-8H,1H3. The molecular formula is C14H10ClNO4. The molecule has 0 radical (unpaired) electrons. The number of nitro benzene ring substituents is 1. The number of benzene rings is 2. The highest BCUT2D eigenvalue weighted by Crippen LogP contribution is 2.30. The van der Waals surface area contributed by atoms with E-state index in [1.807, 2.05) is 0 Å². The van der Waals surface area contributed by atoms with E-state index in [2.05, 4.69) is 0 Å². The highest BCUT2D eigenvalue weighted by Gasteiger charge is 2.12. The Bertz CT molecular complexity index is 667. The van der Waals surface area contributed by atoms with Crippen LogP contribution in [0.4, 0.5) is 5.69 Å². The van der Waals surface area contributed by atoms with Crippen molar-refractivity contribution in [2.45, 2.75) is 6.92 Å². The van der Waals surface area contributed by atoms with E-state index < -0.39 is 4.92 Å². The second-order valence-corrected chi connectivity index (χ2v) is 4.46. The fraction of sp³-hybridized carbons (Fsp3) is 0.0714. The summed E-state index contributed by atoms with van der Waals surface area (Å²) < 4.78 is 5.51. The topological polar surface area (TPSA) is 69.4 Å². The third-order valence-corrected chi connectivity index (χ3v) is 2.92.